The molecule has 0 heterocycles. The Morgan fingerprint density at radius 3 is 2.40 bits per heavy atom. The van der Waals surface area contributed by atoms with Crippen LogP contribution < -0.4 is 0 Å². The number of halogens is 4. The highest BCUT2D eigenvalue weighted by molar-refractivity contribution is 6.31. The van der Waals surface area contributed by atoms with Crippen LogP contribution >= 0.6 is 34.8 Å². The van der Waals surface area contributed by atoms with E-state index in [1.807, 2.05) is 6.92 Å². The van der Waals surface area contributed by atoms with Crippen molar-refractivity contribution < 1.29 is 4.39 Å². The number of benzene rings is 1. The Balaban J connectivity index is 2.92. The third-order valence-corrected chi connectivity index (χ3v) is 3.93. The number of rotatable bonds is 4. The molecule has 0 atom stereocenters. The molecule has 0 nitrogen and oxygen atoms in total. The average molecular weight is 270 g/mol. The van der Waals surface area contributed by atoms with Crippen LogP contribution in [0.1, 0.15) is 12.5 Å². The molecule has 1 rings (SSSR count). The zero-order valence-electron chi connectivity index (χ0n) is 8.37. The van der Waals surface area contributed by atoms with E-state index < -0.39 is 0 Å². The van der Waals surface area contributed by atoms with Crippen LogP contribution in [0.15, 0.2) is 18.2 Å². The van der Waals surface area contributed by atoms with Gasteiger partial charge in [-0.1, -0.05) is 18.5 Å². The topological polar surface area (TPSA) is 0 Å². The normalized spacial score (nSPS) is 11.8. The van der Waals surface area contributed by atoms with Crippen LogP contribution in [0.3, 0.4) is 0 Å². The van der Waals surface area contributed by atoms with Gasteiger partial charge in [-0.25, -0.2) is 4.39 Å². The van der Waals surface area contributed by atoms with Gasteiger partial charge in [-0.15, -0.1) is 23.2 Å². The second kappa shape index (κ2) is 5.38. The summed E-state index contributed by atoms with van der Waals surface area (Å²) >= 11 is 17.6. The van der Waals surface area contributed by atoms with Gasteiger partial charge in [-0.2, -0.15) is 0 Å². The van der Waals surface area contributed by atoms with Gasteiger partial charge in [-0.05, 0) is 35.6 Å². The van der Waals surface area contributed by atoms with Crippen LogP contribution in [0.5, 0.6) is 0 Å². The van der Waals surface area contributed by atoms with Crippen molar-refractivity contribution in [1.29, 1.82) is 0 Å². The van der Waals surface area contributed by atoms with Crippen molar-refractivity contribution in [3.63, 3.8) is 0 Å². The Bertz CT molecular complexity index is 335. The maximum Gasteiger partial charge on any atom is 0.123 e. The Kier molecular flexibility index (Phi) is 4.69. The lowest BCUT2D eigenvalue weighted by Gasteiger charge is -2.24. The predicted molar refractivity (Wildman–Crippen MR) is 64.7 cm³/mol. The van der Waals surface area contributed by atoms with Gasteiger partial charge >= 0.3 is 0 Å². The van der Waals surface area contributed by atoms with E-state index in [2.05, 4.69) is 0 Å². The van der Waals surface area contributed by atoms with Crippen molar-refractivity contribution in [2.45, 2.75) is 13.3 Å². The van der Waals surface area contributed by atoms with Crippen LogP contribution in [0.4, 0.5) is 4.39 Å². The Morgan fingerprint density at radius 1 is 1.27 bits per heavy atom. The van der Waals surface area contributed by atoms with E-state index in [-0.39, 0.29) is 11.2 Å². The molecule has 0 amide bonds. The van der Waals surface area contributed by atoms with Gasteiger partial charge in [-0.3, -0.25) is 0 Å². The lowest BCUT2D eigenvalue weighted by molar-refractivity contribution is 0.424. The largest absolute Gasteiger partial charge is 0.207 e. The van der Waals surface area contributed by atoms with Crippen LogP contribution in [0, 0.1) is 11.2 Å². The van der Waals surface area contributed by atoms with Crippen LogP contribution in [0.25, 0.3) is 0 Å². The minimum absolute atomic E-state index is 0.249. The number of hydrogen-bond acceptors (Lipinski definition) is 0. The van der Waals surface area contributed by atoms with Crippen molar-refractivity contribution >= 4 is 34.8 Å². The molecule has 1 aromatic rings. The van der Waals surface area contributed by atoms with E-state index in [0.29, 0.717) is 23.2 Å². The summed E-state index contributed by atoms with van der Waals surface area (Å²) in [5.74, 6) is 0.549. The molecule has 0 bridgehead atoms. The summed E-state index contributed by atoms with van der Waals surface area (Å²) < 4.78 is 13.0. The minimum atomic E-state index is -0.291. The molecular formula is C11H12Cl3F. The van der Waals surface area contributed by atoms with Gasteiger partial charge in [0, 0.05) is 16.8 Å². The van der Waals surface area contributed by atoms with Gasteiger partial charge < -0.3 is 0 Å². The van der Waals surface area contributed by atoms with Crippen molar-refractivity contribution in [3.05, 3.63) is 34.6 Å². The first-order valence-corrected chi connectivity index (χ1v) is 6.01. The summed E-state index contributed by atoms with van der Waals surface area (Å²) in [6.07, 6.45) is 0.580. The SMILES string of the molecule is CC(CCl)(CCl)Cc1cc(F)ccc1Cl. The molecule has 0 saturated heterocycles. The Morgan fingerprint density at radius 2 is 1.87 bits per heavy atom. The molecule has 15 heavy (non-hydrogen) atoms. The molecule has 0 N–H and O–H groups in total. The fourth-order valence-electron chi connectivity index (χ4n) is 1.27. The molecule has 0 radical (unpaired) electrons. The third kappa shape index (κ3) is 3.51. The van der Waals surface area contributed by atoms with Crippen LogP contribution in [-0.4, -0.2) is 11.8 Å². The van der Waals surface area contributed by atoms with E-state index in [0.717, 1.165) is 5.56 Å². The molecular weight excluding hydrogens is 257 g/mol. The summed E-state index contributed by atoms with van der Waals surface area (Å²) in [7, 11) is 0. The maximum atomic E-state index is 13.0. The highest BCUT2D eigenvalue weighted by Crippen LogP contribution is 2.29. The van der Waals surface area contributed by atoms with Crippen molar-refractivity contribution in [2.75, 3.05) is 11.8 Å². The van der Waals surface area contributed by atoms with Crippen molar-refractivity contribution in [1.82, 2.24) is 0 Å². The smallest absolute Gasteiger partial charge is 0.123 e. The van der Waals surface area contributed by atoms with Crippen LogP contribution in [0.2, 0.25) is 5.02 Å². The van der Waals surface area contributed by atoms with E-state index in [1.165, 1.54) is 12.1 Å². The number of hydrogen-bond donors (Lipinski definition) is 0. The van der Waals surface area contributed by atoms with Gasteiger partial charge in [0.05, 0.1) is 0 Å². The molecule has 0 fully saturated rings. The van der Waals surface area contributed by atoms with E-state index in [4.69, 9.17) is 34.8 Å². The fraction of sp³-hybridized carbons (Fsp3) is 0.455. The Labute approximate surface area is 104 Å². The molecule has 0 saturated carbocycles. The molecule has 0 unspecified atom stereocenters. The lowest BCUT2D eigenvalue weighted by Crippen LogP contribution is -2.24. The summed E-state index contributed by atoms with van der Waals surface area (Å²) in [4.78, 5) is 0. The first-order valence-electron chi connectivity index (χ1n) is 4.56. The first kappa shape index (κ1) is 13.1. The van der Waals surface area contributed by atoms with Crippen molar-refractivity contribution in [3.8, 4) is 0 Å². The summed E-state index contributed by atoms with van der Waals surface area (Å²) in [6, 6.07) is 4.32. The molecule has 1 aromatic carbocycles. The van der Waals surface area contributed by atoms with Crippen molar-refractivity contribution in [2.24, 2.45) is 5.41 Å². The van der Waals surface area contributed by atoms with Gasteiger partial charge in [0.15, 0.2) is 0 Å². The molecule has 0 aromatic heterocycles. The molecule has 0 spiro atoms. The van der Waals surface area contributed by atoms with Gasteiger partial charge in [0.1, 0.15) is 5.82 Å². The zero-order valence-corrected chi connectivity index (χ0v) is 10.6. The zero-order chi connectivity index (χ0) is 11.5. The van der Waals surface area contributed by atoms with Gasteiger partial charge in [0.25, 0.3) is 0 Å². The fourth-order valence-corrected chi connectivity index (χ4v) is 1.93. The lowest BCUT2D eigenvalue weighted by atomic mass is 9.87. The summed E-state index contributed by atoms with van der Waals surface area (Å²) in [5, 5.41) is 0.554. The minimum Gasteiger partial charge on any atom is -0.207 e. The quantitative estimate of drug-likeness (QED) is 0.706. The predicted octanol–water partition coefficient (Wildman–Crippen LogP) is 4.51. The van der Waals surface area contributed by atoms with E-state index in [1.54, 1.807) is 6.07 Å². The Hall–Kier alpha value is 0.0200. The summed E-state index contributed by atoms with van der Waals surface area (Å²) in [6.45, 7) is 1.95. The maximum absolute atomic E-state index is 13.0. The monoisotopic (exact) mass is 268 g/mol. The average Bonchev–Trinajstić information content (AvgIpc) is 2.23. The van der Waals surface area contributed by atoms with E-state index in [9.17, 15) is 4.39 Å². The van der Waals surface area contributed by atoms with Crippen LogP contribution in [-0.2, 0) is 6.42 Å². The second-order valence-corrected chi connectivity index (χ2v) is 4.93. The molecule has 4 heteroatoms. The molecule has 84 valence electrons. The highest BCUT2D eigenvalue weighted by Gasteiger charge is 2.23. The molecule has 0 aliphatic carbocycles. The standard InChI is InChI=1S/C11H12Cl3F/c1-11(6-12,7-13)5-8-4-9(15)2-3-10(8)14/h2-4H,5-7H2,1H3. The molecule has 0 aliphatic rings. The summed E-state index contributed by atoms with van der Waals surface area (Å²) in [5.41, 5.74) is 0.501. The van der Waals surface area contributed by atoms with E-state index >= 15 is 0 Å². The second-order valence-electron chi connectivity index (χ2n) is 3.99. The highest BCUT2D eigenvalue weighted by atomic mass is 35.5. The third-order valence-electron chi connectivity index (χ3n) is 2.27. The first-order chi connectivity index (χ1) is 7.00. The number of alkyl halides is 2. The molecule has 0 aliphatic heterocycles. The van der Waals surface area contributed by atoms with Gasteiger partial charge in [0.2, 0.25) is 0 Å².